The fourth-order valence-corrected chi connectivity index (χ4v) is 7.60. The molecule has 2 unspecified atom stereocenters. The van der Waals surface area contributed by atoms with Crippen LogP contribution in [0.25, 0.3) is 10.8 Å². The molecular weight excluding hydrogens is 608 g/mol. The molecule has 0 aliphatic heterocycles. The van der Waals surface area contributed by atoms with Gasteiger partial charge in [-0.05, 0) is 34.2 Å². The van der Waals surface area contributed by atoms with Crippen molar-refractivity contribution in [2.45, 2.75) is 33.6 Å². The number of rotatable bonds is 9. The molecule has 5 aromatic rings. The van der Waals surface area contributed by atoms with E-state index in [1.54, 1.807) is 78.9 Å². The lowest BCUT2D eigenvalue weighted by Gasteiger charge is -2.53. The first-order valence-corrected chi connectivity index (χ1v) is 16.2. The van der Waals surface area contributed by atoms with Gasteiger partial charge < -0.3 is 0 Å². The summed E-state index contributed by atoms with van der Waals surface area (Å²) in [6.07, 6.45) is 1.06. The number of benzene rings is 5. The van der Waals surface area contributed by atoms with Crippen LogP contribution >= 0.6 is 0 Å². The molecule has 2 atom stereocenters. The molecule has 0 amide bonds. The van der Waals surface area contributed by atoms with Gasteiger partial charge in [0, 0.05) is 44.9 Å². The van der Waals surface area contributed by atoms with Crippen LogP contribution in [0, 0.1) is 17.8 Å². The average Bonchev–Trinajstić information content (AvgIpc) is 3.12. The summed E-state index contributed by atoms with van der Waals surface area (Å²) in [5.74, 6) is -2.69. The van der Waals surface area contributed by atoms with E-state index in [0.29, 0.717) is 34.6 Å². The number of ketones is 3. The van der Waals surface area contributed by atoms with E-state index in [-0.39, 0.29) is 33.4 Å². The number of carbonyl (C=O) groups is 5. The maximum Gasteiger partial charge on any atom is 0.194 e. The summed E-state index contributed by atoms with van der Waals surface area (Å²) in [6, 6.07) is 37.2. The van der Waals surface area contributed by atoms with E-state index < -0.39 is 34.1 Å². The van der Waals surface area contributed by atoms with Crippen molar-refractivity contribution in [3.8, 4) is 0 Å². The highest BCUT2D eigenvalue weighted by atomic mass is 16.1. The minimum absolute atomic E-state index is 0.0215. The summed E-state index contributed by atoms with van der Waals surface area (Å²) < 4.78 is 0. The third-order valence-corrected chi connectivity index (χ3v) is 9.80. The van der Waals surface area contributed by atoms with Crippen LogP contribution in [0.1, 0.15) is 68.9 Å². The molecule has 1 aliphatic rings. The summed E-state index contributed by atoms with van der Waals surface area (Å²) in [5.41, 5.74) is -1.41. The van der Waals surface area contributed by atoms with Crippen molar-refractivity contribution in [1.29, 1.82) is 0 Å². The Kier molecular flexibility index (Phi) is 8.79. The number of carbonyl (C=O) groups excluding carboxylic acids is 5. The minimum atomic E-state index is -1.85. The number of Topliss-reactive ketones (excluding diaryl/α,β-unsaturated/α-hetero) is 3. The molecule has 0 spiro atoms. The topological polar surface area (TPSA) is 85.3 Å². The van der Waals surface area contributed by atoms with Crippen molar-refractivity contribution >= 4 is 40.7 Å². The molecule has 0 saturated carbocycles. The summed E-state index contributed by atoms with van der Waals surface area (Å²) in [5, 5.41) is 1.43. The Morgan fingerprint density at radius 3 is 1.84 bits per heavy atom. The number of allylic oxidation sites excluding steroid dienone is 4. The highest BCUT2D eigenvalue weighted by Crippen LogP contribution is 2.63. The quantitative estimate of drug-likeness (QED) is 0.118. The van der Waals surface area contributed by atoms with Gasteiger partial charge in [0.05, 0.1) is 5.41 Å². The van der Waals surface area contributed by atoms with E-state index >= 15 is 9.59 Å². The van der Waals surface area contributed by atoms with E-state index in [1.165, 1.54) is 0 Å². The normalized spacial score (nSPS) is 17.9. The van der Waals surface area contributed by atoms with Crippen LogP contribution in [0.5, 0.6) is 0 Å². The molecule has 5 heteroatoms. The predicted octanol–water partition coefficient (Wildman–Crippen LogP) is 8.92. The van der Waals surface area contributed by atoms with Crippen molar-refractivity contribution in [3.63, 3.8) is 0 Å². The molecule has 0 fully saturated rings. The van der Waals surface area contributed by atoms with Gasteiger partial charge in [-0.2, -0.15) is 0 Å². The number of aldehydes is 2. The lowest BCUT2D eigenvalue weighted by Crippen LogP contribution is -2.54. The second-order valence-electron chi connectivity index (χ2n) is 13.5. The molecule has 0 heterocycles. The Labute approximate surface area is 286 Å². The SMILES string of the molecule is Cc1ccccc1C(=O)C1(C(C)(C)C)C(C(=O)c2cccc3ccccc23)=C(C(=O)c2ccccc2)C(C=O)=C(C=O)C1c1ccccc1. The molecule has 5 nitrogen and oxygen atoms in total. The van der Waals surface area contributed by atoms with Gasteiger partial charge in [0.2, 0.25) is 0 Å². The van der Waals surface area contributed by atoms with E-state index in [2.05, 4.69) is 0 Å². The van der Waals surface area contributed by atoms with Crippen molar-refractivity contribution in [2.24, 2.45) is 10.8 Å². The predicted molar refractivity (Wildman–Crippen MR) is 192 cm³/mol. The lowest BCUT2D eigenvalue weighted by molar-refractivity contribution is -0.107. The standard InChI is InChI=1S/C44H36O5/c1-28-16-11-13-23-32(28)42(49)44(43(2,3)4)38(30-18-7-5-8-19-30)36(27-46)35(26-45)37(40(47)31-20-9-6-10-21-31)39(44)41(48)34-25-15-22-29-17-12-14-24-33(29)34/h5-27,38H,1-4H3. The monoisotopic (exact) mass is 644 g/mol. The van der Waals surface area contributed by atoms with E-state index in [1.807, 2.05) is 76.2 Å². The smallest absolute Gasteiger partial charge is 0.194 e. The Balaban J connectivity index is 1.89. The molecular formula is C44H36O5. The first-order chi connectivity index (χ1) is 23.6. The van der Waals surface area contributed by atoms with Crippen LogP contribution in [0.2, 0.25) is 0 Å². The molecule has 0 radical (unpaired) electrons. The van der Waals surface area contributed by atoms with E-state index in [0.717, 1.165) is 5.39 Å². The summed E-state index contributed by atoms with van der Waals surface area (Å²) in [7, 11) is 0. The van der Waals surface area contributed by atoms with Crippen LogP contribution in [0.4, 0.5) is 0 Å². The zero-order valence-corrected chi connectivity index (χ0v) is 27.9. The van der Waals surface area contributed by atoms with Gasteiger partial charge >= 0.3 is 0 Å². The highest BCUT2D eigenvalue weighted by Gasteiger charge is 2.63. The second kappa shape index (κ2) is 13.0. The molecule has 6 rings (SSSR count). The molecule has 49 heavy (non-hydrogen) atoms. The Bertz CT molecular complexity index is 2190. The number of fused-ring (bicyclic) bond motifs is 1. The number of hydrogen-bond acceptors (Lipinski definition) is 5. The zero-order chi connectivity index (χ0) is 34.9. The molecule has 0 saturated heterocycles. The average molecular weight is 645 g/mol. The van der Waals surface area contributed by atoms with Crippen LogP contribution in [0.15, 0.2) is 150 Å². The van der Waals surface area contributed by atoms with Crippen molar-refractivity contribution in [1.82, 2.24) is 0 Å². The van der Waals surface area contributed by atoms with Crippen LogP contribution < -0.4 is 0 Å². The lowest BCUT2D eigenvalue weighted by atomic mass is 9.46. The highest BCUT2D eigenvalue weighted by molar-refractivity contribution is 6.29. The van der Waals surface area contributed by atoms with Gasteiger partial charge in [0.25, 0.3) is 0 Å². The maximum atomic E-state index is 15.8. The molecule has 0 aromatic heterocycles. The molecule has 0 bridgehead atoms. The van der Waals surface area contributed by atoms with Crippen molar-refractivity contribution in [2.75, 3.05) is 0 Å². The first kappa shape index (κ1) is 33.1. The van der Waals surface area contributed by atoms with Gasteiger partial charge in [0.15, 0.2) is 23.6 Å². The van der Waals surface area contributed by atoms with Crippen LogP contribution in [0.3, 0.4) is 0 Å². The third kappa shape index (κ3) is 5.32. The molecule has 242 valence electrons. The molecule has 1 aliphatic carbocycles. The molecule has 0 N–H and O–H groups in total. The van der Waals surface area contributed by atoms with Crippen LogP contribution in [-0.2, 0) is 9.59 Å². The van der Waals surface area contributed by atoms with Crippen LogP contribution in [-0.4, -0.2) is 29.9 Å². The van der Waals surface area contributed by atoms with Gasteiger partial charge in [-0.15, -0.1) is 0 Å². The Morgan fingerprint density at radius 1 is 0.633 bits per heavy atom. The van der Waals surface area contributed by atoms with Crippen molar-refractivity contribution < 1.29 is 24.0 Å². The van der Waals surface area contributed by atoms with Gasteiger partial charge in [-0.25, -0.2) is 0 Å². The zero-order valence-electron chi connectivity index (χ0n) is 27.9. The summed E-state index contributed by atoms with van der Waals surface area (Å²) >= 11 is 0. The van der Waals surface area contributed by atoms with Gasteiger partial charge in [-0.1, -0.05) is 148 Å². The van der Waals surface area contributed by atoms with E-state index in [9.17, 15) is 14.4 Å². The Hall–Kier alpha value is -5.81. The van der Waals surface area contributed by atoms with Crippen molar-refractivity contribution in [3.05, 3.63) is 178 Å². The number of hydrogen-bond donors (Lipinski definition) is 0. The summed E-state index contributed by atoms with van der Waals surface area (Å²) in [6.45, 7) is 7.39. The van der Waals surface area contributed by atoms with E-state index in [4.69, 9.17) is 0 Å². The molecule has 5 aromatic carbocycles. The maximum absolute atomic E-state index is 15.8. The Morgan fingerprint density at radius 2 is 1.20 bits per heavy atom. The second-order valence-corrected chi connectivity index (χ2v) is 13.5. The third-order valence-electron chi connectivity index (χ3n) is 9.80. The fraction of sp³-hybridized carbons (Fsp3) is 0.159. The largest absolute Gasteiger partial charge is 0.298 e. The van der Waals surface area contributed by atoms with Gasteiger partial charge in [0.1, 0.15) is 6.29 Å². The number of aryl methyl sites for hydroxylation is 1. The fourth-order valence-electron chi connectivity index (χ4n) is 7.60. The first-order valence-electron chi connectivity index (χ1n) is 16.2. The van der Waals surface area contributed by atoms with Gasteiger partial charge in [-0.3, -0.25) is 24.0 Å². The summed E-state index contributed by atoms with van der Waals surface area (Å²) in [4.78, 5) is 73.2. The minimum Gasteiger partial charge on any atom is -0.298 e.